The minimum absolute atomic E-state index is 0.453. The molecule has 2 aromatic rings. The third-order valence-electron chi connectivity index (χ3n) is 3.01. The predicted molar refractivity (Wildman–Crippen MR) is 93.2 cm³/mol. The molecule has 0 unspecified atom stereocenters. The van der Waals surface area contributed by atoms with Crippen LogP contribution in [0.15, 0.2) is 30.3 Å². The molecule has 0 spiro atoms. The van der Waals surface area contributed by atoms with Gasteiger partial charge in [0.25, 0.3) is 0 Å². The molecule has 2 rings (SSSR count). The molecule has 0 atom stereocenters. The average Bonchev–Trinajstić information content (AvgIpc) is 2.46. The largest absolute Gasteiger partial charge is 0.493 e. The third kappa shape index (κ3) is 4.27. The van der Waals surface area contributed by atoms with Crippen molar-refractivity contribution >= 4 is 38.3 Å². The van der Waals surface area contributed by atoms with Crippen molar-refractivity contribution in [1.82, 2.24) is 0 Å². The fourth-order valence-electron chi connectivity index (χ4n) is 2.04. The molecule has 2 aromatic carbocycles. The van der Waals surface area contributed by atoms with Gasteiger partial charge in [0, 0.05) is 22.2 Å². The Kier molecular flexibility index (Phi) is 6.19. The standard InChI is InChI=1S/C17H20BrClO2/c1-12(2)11-21-17-14-7-4-3-6-13(14)16(10-15(17)19)20-9-5-8-18/h3-4,6-7,10,12H,5,8-9,11H2,1-2H3. The lowest BCUT2D eigenvalue weighted by molar-refractivity contribution is 0.273. The molecule has 0 bridgehead atoms. The van der Waals surface area contributed by atoms with Gasteiger partial charge < -0.3 is 9.47 Å². The van der Waals surface area contributed by atoms with E-state index in [0.717, 1.165) is 34.0 Å². The Balaban J connectivity index is 2.38. The summed E-state index contributed by atoms with van der Waals surface area (Å²) in [5.74, 6) is 2.01. The second-order valence-electron chi connectivity index (χ2n) is 5.33. The smallest absolute Gasteiger partial charge is 0.145 e. The first-order valence-electron chi connectivity index (χ1n) is 7.16. The van der Waals surface area contributed by atoms with Gasteiger partial charge in [-0.25, -0.2) is 0 Å². The molecule has 2 nitrogen and oxygen atoms in total. The van der Waals surface area contributed by atoms with E-state index in [2.05, 4.69) is 29.8 Å². The van der Waals surface area contributed by atoms with Crippen molar-refractivity contribution in [3.05, 3.63) is 35.4 Å². The van der Waals surface area contributed by atoms with Crippen LogP contribution in [0.25, 0.3) is 10.8 Å². The molecule has 0 heterocycles. The molecule has 0 aliphatic carbocycles. The first kappa shape index (κ1) is 16.4. The van der Waals surface area contributed by atoms with Crippen molar-refractivity contribution in [2.45, 2.75) is 20.3 Å². The van der Waals surface area contributed by atoms with Crippen LogP contribution in [0.4, 0.5) is 0 Å². The molecule has 21 heavy (non-hydrogen) atoms. The third-order valence-corrected chi connectivity index (χ3v) is 3.85. The zero-order valence-electron chi connectivity index (χ0n) is 12.4. The predicted octanol–water partition coefficient (Wildman–Crippen LogP) is 5.69. The van der Waals surface area contributed by atoms with Crippen LogP contribution in [0.1, 0.15) is 20.3 Å². The molecule has 0 saturated heterocycles. The fourth-order valence-corrected chi connectivity index (χ4v) is 2.52. The second kappa shape index (κ2) is 7.90. The number of rotatable bonds is 7. The number of halogens is 2. The van der Waals surface area contributed by atoms with Crippen molar-refractivity contribution in [3.63, 3.8) is 0 Å². The van der Waals surface area contributed by atoms with E-state index in [4.69, 9.17) is 21.1 Å². The Bertz CT molecular complexity index is 599. The van der Waals surface area contributed by atoms with Crippen LogP contribution >= 0.6 is 27.5 Å². The van der Waals surface area contributed by atoms with E-state index in [0.29, 0.717) is 24.2 Å². The number of fused-ring (bicyclic) bond motifs is 1. The molecule has 0 radical (unpaired) electrons. The van der Waals surface area contributed by atoms with E-state index in [1.807, 2.05) is 30.3 Å². The summed E-state index contributed by atoms with van der Waals surface area (Å²) in [5.41, 5.74) is 0. The summed E-state index contributed by atoms with van der Waals surface area (Å²) in [6.07, 6.45) is 0.956. The molecule has 0 fully saturated rings. The zero-order valence-corrected chi connectivity index (χ0v) is 14.7. The second-order valence-corrected chi connectivity index (χ2v) is 6.53. The normalized spacial score (nSPS) is 11.1. The van der Waals surface area contributed by atoms with E-state index < -0.39 is 0 Å². The first-order chi connectivity index (χ1) is 10.1. The maximum atomic E-state index is 6.39. The van der Waals surface area contributed by atoms with Crippen molar-refractivity contribution in [3.8, 4) is 11.5 Å². The van der Waals surface area contributed by atoms with Gasteiger partial charge in [-0.3, -0.25) is 0 Å². The van der Waals surface area contributed by atoms with Crippen LogP contribution in [0.3, 0.4) is 0 Å². The van der Waals surface area contributed by atoms with Crippen LogP contribution in [0.5, 0.6) is 11.5 Å². The minimum atomic E-state index is 0.453. The Morgan fingerprint density at radius 3 is 2.52 bits per heavy atom. The van der Waals surface area contributed by atoms with Gasteiger partial charge >= 0.3 is 0 Å². The molecule has 0 aliphatic heterocycles. The van der Waals surface area contributed by atoms with E-state index in [1.54, 1.807) is 0 Å². The van der Waals surface area contributed by atoms with Gasteiger partial charge in [-0.15, -0.1) is 0 Å². The van der Waals surface area contributed by atoms with Crippen molar-refractivity contribution < 1.29 is 9.47 Å². The summed E-state index contributed by atoms with van der Waals surface area (Å²) in [6.45, 7) is 5.55. The van der Waals surface area contributed by atoms with Crippen LogP contribution in [-0.2, 0) is 0 Å². The monoisotopic (exact) mass is 370 g/mol. The topological polar surface area (TPSA) is 18.5 Å². The number of benzene rings is 2. The highest BCUT2D eigenvalue weighted by Gasteiger charge is 2.13. The molecule has 4 heteroatoms. The number of hydrogen-bond acceptors (Lipinski definition) is 2. The highest BCUT2D eigenvalue weighted by Crippen LogP contribution is 2.39. The summed E-state index contributed by atoms with van der Waals surface area (Å²) in [6, 6.07) is 9.91. The summed E-state index contributed by atoms with van der Waals surface area (Å²) >= 11 is 9.80. The SMILES string of the molecule is CC(C)COc1c(Cl)cc(OCCCBr)c2ccccc12. The van der Waals surface area contributed by atoms with Gasteiger partial charge in [-0.2, -0.15) is 0 Å². The molecule has 114 valence electrons. The quantitative estimate of drug-likeness (QED) is 0.459. The van der Waals surface area contributed by atoms with Crippen LogP contribution in [0, 0.1) is 5.92 Å². The van der Waals surface area contributed by atoms with Gasteiger partial charge in [0.2, 0.25) is 0 Å². The lowest BCUT2D eigenvalue weighted by atomic mass is 10.1. The van der Waals surface area contributed by atoms with E-state index in [-0.39, 0.29) is 0 Å². The van der Waals surface area contributed by atoms with Gasteiger partial charge in [-0.1, -0.05) is 65.6 Å². The number of hydrogen-bond donors (Lipinski definition) is 0. The minimum Gasteiger partial charge on any atom is -0.493 e. The summed E-state index contributed by atoms with van der Waals surface area (Å²) in [5, 5.41) is 3.56. The van der Waals surface area contributed by atoms with E-state index >= 15 is 0 Å². The zero-order chi connectivity index (χ0) is 15.2. The lowest BCUT2D eigenvalue weighted by Crippen LogP contribution is -2.06. The average molecular weight is 372 g/mol. The van der Waals surface area contributed by atoms with E-state index in [9.17, 15) is 0 Å². The number of alkyl halides is 1. The summed E-state index contributed by atoms with van der Waals surface area (Å²) in [4.78, 5) is 0. The highest BCUT2D eigenvalue weighted by atomic mass is 79.9. The van der Waals surface area contributed by atoms with Crippen LogP contribution in [-0.4, -0.2) is 18.5 Å². The van der Waals surface area contributed by atoms with Gasteiger partial charge in [0.05, 0.1) is 18.2 Å². The molecule has 0 saturated carbocycles. The molecule has 0 N–H and O–H groups in total. The molecular formula is C17H20BrClO2. The van der Waals surface area contributed by atoms with Crippen LogP contribution < -0.4 is 9.47 Å². The Hall–Kier alpha value is -0.930. The Labute approximate surface area is 139 Å². The maximum absolute atomic E-state index is 6.39. The summed E-state index contributed by atoms with van der Waals surface area (Å²) in [7, 11) is 0. The lowest BCUT2D eigenvalue weighted by Gasteiger charge is -2.16. The summed E-state index contributed by atoms with van der Waals surface area (Å²) < 4.78 is 11.7. The fraction of sp³-hybridized carbons (Fsp3) is 0.412. The highest BCUT2D eigenvalue weighted by molar-refractivity contribution is 9.09. The van der Waals surface area contributed by atoms with Gasteiger partial charge in [-0.05, 0) is 12.3 Å². The molecule has 0 aliphatic rings. The molecule has 0 aromatic heterocycles. The van der Waals surface area contributed by atoms with Crippen molar-refractivity contribution in [1.29, 1.82) is 0 Å². The van der Waals surface area contributed by atoms with Gasteiger partial charge in [0.1, 0.15) is 11.5 Å². The van der Waals surface area contributed by atoms with Crippen molar-refractivity contribution in [2.24, 2.45) is 5.92 Å². The van der Waals surface area contributed by atoms with Gasteiger partial charge in [0.15, 0.2) is 0 Å². The Morgan fingerprint density at radius 2 is 1.86 bits per heavy atom. The Morgan fingerprint density at radius 1 is 1.14 bits per heavy atom. The first-order valence-corrected chi connectivity index (χ1v) is 8.66. The van der Waals surface area contributed by atoms with Crippen molar-refractivity contribution in [2.75, 3.05) is 18.5 Å². The molecular weight excluding hydrogens is 352 g/mol. The maximum Gasteiger partial charge on any atom is 0.145 e. The number of ether oxygens (including phenoxy) is 2. The van der Waals surface area contributed by atoms with Crippen LogP contribution in [0.2, 0.25) is 5.02 Å². The van der Waals surface area contributed by atoms with E-state index in [1.165, 1.54) is 0 Å². The molecule has 0 amide bonds.